The molecule has 1 saturated carbocycles. The lowest BCUT2D eigenvalue weighted by molar-refractivity contribution is -0.130. The zero-order valence-corrected chi connectivity index (χ0v) is 17.0. The Hall–Kier alpha value is -2.43. The van der Waals surface area contributed by atoms with Crippen LogP contribution in [0.5, 0.6) is 0 Å². The molecule has 1 aliphatic carbocycles. The van der Waals surface area contributed by atoms with E-state index >= 15 is 0 Å². The number of benzene rings is 1. The van der Waals surface area contributed by atoms with Crippen molar-refractivity contribution in [3.05, 3.63) is 35.4 Å². The van der Waals surface area contributed by atoms with E-state index in [-0.39, 0.29) is 0 Å². The van der Waals surface area contributed by atoms with Gasteiger partial charge in [-0.2, -0.15) is 5.26 Å². The molecule has 29 heavy (non-hydrogen) atoms. The van der Waals surface area contributed by atoms with E-state index < -0.39 is 23.5 Å². The molecule has 0 bridgehead atoms. The first-order valence-electron chi connectivity index (χ1n) is 10.3. The first kappa shape index (κ1) is 21.3. The van der Waals surface area contributed by atoms with E-state index in [9.17, 15) is 14.9 Å². The third-order valence-corrected chi connectivity index (χ3v) is 5.64. The van der Waals surface area contributed by atoms with E-state index in [0.717, 1.165) is 57.7 Å². The van der Waals surface area contributed by atoms with Crippen LogP contribution in [-0.2, 0) is 20.8 Å². The van der Waals surface area contributed by atoms with E-state index in [2.05, 4.69) is 16.3 Å². The zero-order chi connectivity index (χ0) is 20.7. The van der Waals surface area contributed by atoms with Crippen molar-refractivity contribution in [1.82, 2.24) is 10.2 Å². The van der Waals surface area contributed by atoms with Crippen molar-refractivity contribution in [2.24, 2.45) is 0 Å². The standard InChI is InChI=1S/C22H29N3O4/c1-17(20(26)24-22(16-23)9-3-2-4-10-22)29-21(27)19-7-5-18(6-8-19)15-25-11-13-28-14-12-25/h5-8,17H,2-4,9-15H2,1H3,(H,24,26)/t17-/m0/s1. The van der Waals surface area contributed by atoms with Gasteiger partial charge in [-0.3, -0.25) is 9.69 Å². The Morgan fingerprint density at radius 1 is 1.21 bits per heavy atom. The number of hydrogen-bond donors (Lipinski definition) is 1. The molecule has 3 rings (SSSR count). The Morgan fingerprint density at radius 3 is 2.48 bits per heavy atom. The molecule has 0 aromatic heterocycles. The number of carbonyl (C=O) groups is 2. The summed E-state index contributed by atoms with van der Waals surface area (Å²) in [6, 6.07) is 9.50. The normalized spacial score (nSPS) is 20.3. The second-order valence-electron chi connectivity index (χ2n) is 7.88. The van der Waals surface area contributed by atoms with Crippen molar-refractivity contribution in [1.29, 1.82) is 5.26 Å². The Morgan fingerprint density at radius 2 is 1.86 bits per heavy atom. The second kappa shape index (κ2) is 9.86. The summed E-state index contributed by atoms with van der Waals surface area (Å²) in [5.74, 6) is -0.967. The number of esters is 1. The molecule has 1 heterocycles. The fourth-order valence-electron chi connectivity index (χ4n) is 3.80. The molecule has 156 valence electrons. The third kappa shape index (κ3) is 5.78. The van der Waals surface area contributed by atoms with Gasteiger partial charge in [0, 0.05) is 19.6 Å². The van der Waals surface area contributed by atoms with Gasteiger partial charge in [0.15, 0.2) is 6.10 Å². The van der Waals surface area contributed by atoms with E-state index in [1.165, 1.54) is 6.92 Å². The summed E-state index contributed by atoms with van der Waals surface area (Å²) in [5.41, 5.74) is 0.683. The number of nitriles is 1. The van der Waals surface area contributed by atoms with Crippen LogP contribution in [0, 0.1) is 11.3 Å². The van der Waals surface area contributed by atoms with E-state index in [1.54, 1.807) is 12.1 Å². The van der Waals surface area contributed by atoms with Crippen LogP contribution in [-0.4, -0.2) is 54.7 Å². The quantitative estimate of drug-likeness (QED) is 0.739. The van der Waals surface area contributed by atoms with Gasteiger partial charge in [-0.1, -0.05) is 31.4 Å². The smallest absolute Gasteiger partial charge is 0.338 e. The minimum absolute atomic E-state index is 0.406. The highest BCUT2D eigenvalue weighted by atomic mass is 16.5. The minimum Gasteiger partial charge on any atom is -0.449 e. The molecule has 0 unspecified atom stereocenters. The summed E-state index contributed by atoms with van der Waals surface area (Å²) < 4.78 is 10.7. The Balaban J connectivity index is 1.52. The molecule has 0 spiro atoms. The highest BCUT2D eigenvalue weighted by Crippen LogP contribution is 2.27. The van der Waals surface area contributed by atoms with Crippen molar-refractivity contribution in [3.8, 4) is 6.07 Å². The molecule has 2 fully saturated rings. The predicted molar refractivity (Wildman–Crippen MR) is 107 cm³/mol. The molecule has 1 amide bonds. The minimum atomic E-state index is -0.956. The lowest BCUT2D eigenvalue weighted by atomic mass is 9.83. The van der Waals surface area contributed by atoms with Crippen LogP contribution in [0.2, 0.25) is 0 Å². The molecule has 1 N–H and O–H groups in total. The summed E-state index contributed by atoms with van der Waals surface area (Å²) >= 11 is 0. The van der Waals surface area contributed by atoms with Crippen LogP contribution in [0.4, 0.5) is 0 Å². The van der Waals surface area contributed by atoms with Gasteiger partial charge in [0.05, 0.1) is 24.8 Å². The summed E-state index contributed by atoms with van der Waals surface area (Å²) in [6.07, 6.45) is 3.23. The molecule has 2 aliphatic rings. The van der Waals surface area contributed by atoms with Gasteiger partial charge in [-0.15, -0.1) is 0 Å². The fourth-order valence-corrected chi connectivity index (χ4v) is 3.80. The maximum atomic E-state index is 12.5. The van der Waals surface area contributed by atoms with Crippen LogP contribution in [0.15, 0.2) is 24.3 Å². The largest absolute Gasteiger partial charge is 0.449 e. The predicted octanol–water partition coefficient (Wildman–Crippen LogP) is 2.41. The average Bonchev–Trinajstić information content (AvgIpc) is 2.75. The summed E-state index contributed by atoms with van der Waals surface area (Å²) in [7, 11) is 0. The topological polar surface area (TPSA) is 91.7 Å². The van der Waals surface area contributed by atoms with Gasteiger partial charge in [0.1, 0.15) is 5.54 Å². The highest BCUT2D eigenvalue weighted by molar-refractivity contribution is 5.92. The average molecular weight is 399 g/mol. The number of rotatable bonds is 6. The molecule has 7 nitrogen and oxygen atoms in total. The third-order valence-electron chi connectivity index (χ3n) is 5.64. The highest BCUT2D eigenvalue weighted by Gasteiger charge is 2.35. The lowest BCUT2D eigenvalue weighted by Crippen LogP contribution is -2.52. The molecule has 1 aromatic rings. The lowest BCUT2D eigenvalue weighted by Gasteiger charge is -2.32. The van der Waals surface area contributed by atoms with Crippen molar-refractivity contribution < 1.29 is 19.1 Å². The maximum absolute atomic E-state index is 12.5. The number of hydrogen-bond acceptors (Lipinski definition) is 6. The van der Waals surface area contributed by atoms with Crippen LogP contribution < -0.4 is 5.32 Å². The Labute approximate surface area is 172 Å². The first-order valence-corrected chi connectivity index (χ1v) is 10.3. The van der Waals surface area contributed by atoms with Gasteiger partial charge in [0.25, 0.3) is 5.91 Å². The van der Waals surface area contributed by atoms with Gasteiger partial charge < -0.3 is 14.8 Å². The SMILES string of the molecule is C[C@H](OC(=O)c1ccc(CN2CCOCC2)cc1)C(=O)NC1(C#N)CCCCC1. The molecule has 1 atom stereocenters. The van der Waals surface area contributed by atoms with Gasteiger partial charge in [-0.25, -0.2) is 4.79 Å². The van der Waals surface area contributed by atoms with Crippen LogP contribution in [0.1, 0.15) is 54.9 Å². The van der Waals surface area contributed by atoms with E-state index in [4.69, 9.17) is 9.47 Å². The van der Waals surface area contributed by atoms with Crippen LogP contribution in [0.3, 0.4) is 0 Å². The molecular formula is C22H29N3O4. The van der Waals surface area contributed by atoms with Gasteiger partial charge >= 0.3 is 5.97 Å². The number of carbonyl (C=O) groups excluding carboxylic acids is 2. The van der Waals surface area contributed by atoms with Gasteiger partial charge in [-0.05, 0) is 37.5 Å². The van der Waals surface area contributed by atoms with E-state index in [0.29, 0.717) is 18.4 Å². The summed E-state index contributed by atoms with van der Waals surface area (Å²) in [4.78, 5) is 27.2. The summed E-state index contributed by atoms with van der Waals surface area (Å²) in [5, 5.41) is 12.3. The number of nitrogens with zero attached hydrogens (tertiary/aromatic N) is 2. The number of amides is 1. The van der Waals surface area contributed by atoms with Crippen LogP contribution >= 0.6 is 0 Å². The van der Waals surface area contributed by atoms with Crippen molar-refractivity contribution in [2.75, 3.05) is 26.3 Å². The van der Waals surface area contributed by atoms with Crippen LogP contribution in [0.25, 0.3) is 0 Å². The van der Waals surface area contributed by atoms with E-state index in [1.807, 2.05) is 12.1 Å². The molecular weight excluding hydrogens is 370 g/mol. The maximum Gasteiger partial charge on any atom is 0.338 e. The molecule has 7 heteroatoms. The molecule has 1 aromatic carbocycles. The number of ether oxygens (including phenoxy) is 2. The van der Waals surface area contributed by atoms with Crippen molar-refractivity contribution in [3.63, 3.8) is 0 Å². The zero-order valence-electron chi connectivity index (χ0n) is 17.0. The Bertz CT molecular complexity index is 744. The second-order valence-corrected chi connectivity index (χ2v) is 7.88. The molecule has 1 saturated heterocycles. The Kier molecular flexibility index (Phi) is 7.24. The monoisotopic (exact) mass is 399 g/mol. The van der Waals surface area contributed by atoms with Gasteiger partial charge in [0.2, 0.25) is 0 Å². The first-order chi connectivity index (χ1) is 14.0. The van der Waals surface area contributed by atoms with Crippen molar-refractivity contribution in [2.45, 2.75) is 57.2 Å². The summed E-state index contributed by atoms with van der Waals surface area (Å²) in [6.45, 7) is 5.65. The molecule has 1 aliphatic heterocycles. The number of morpholine rings is 1. The number of nitrogens with one attached hydrogen (secondary N) is 1. The molecule has 0 radical (unpaired) electrons. The van der Waals surface area contributed by atoms with Crippen molar-refractivity contribution >= 4 is 11.9 Å². The fraction of sp³-hybridized carbons (Fsp3) is 0.591.